The van der Waals surface area contributed by atoms with Crippen molar-refractivity contribution in [3.05, 3.63) is 0 Å². The first-order valence-corrected chi connectivity index (χ1v) is 13.6. The van der Waals surface area contributed by atoms with Gasteiger partial charge in [-0.1, -0.05) is 0 Å². The number of rotatable bonds is 28. The minimum Gasteiger partial charge on any atom is -0.480 e. The molecule has 0 aliphatic rings. The lowest BCUT2D eigenvalue weighted by atomic mass is 10.1. The second-order valence-corrected chi connectivity index (χ2v) is 8.77. The van der Waals surface area contributed by atoms with Crippen molar-refractivity contribution in [2.24, 2.45) is 0 Å². The van der Waals surface area contributed by atoms with Crippen molar-refractivity contribution in [3.63, 3.8) is 0 Å². The molecular weight excluding hydrogens is 545 g/mol. The van der Waals surface area contributed by atoms with Crippen LogP contribution in [0.1, 0.15) is 32.1 Å². The highest BCUT2D eigenvalue weighted by Crippen LogP contribution is 2.00. The fourth-order valence-corrected chi connectivity index (χ4v) is 3.24. The van der Waals surface area contributed by atoms with E-state index in [0.717, 1.165) is 0 Å². The third-order valence-electron chi connectivity index (χ3n) is 5.54. The number of nitrogens with one attached hydrogen (secondary N) is 5. The quantitative estimate of drug-likeness (QED) is 0.0349. The number of unbranched alkanes of at least 4 members (excludes halogenated alkanes) is 1. The molecule has 41 heavy (non-hydrogen) atoms. The SMILES string of the molecule is BNC(CCCCNC(=O)COCCOCCNC(=O)COCCOCCNC(=O)CCC(NC)C(=O)O)C(=O)O. The van der Waals surface area contributed by atoms with Gasteiger partial charge in [0.25, 0.3) is 0 Å². The van der Waals surface area contributed by atoms with Crippen molar-refractivity contribution >= 4 is 37.6 Å². The van der Waals surface area contributed by atoms with Gasteiger partial charge in [0.15, 0.2) is 7.98 Å². The predicted octanol–water partition coefficient (Wildman–Crippen LogP) is -3.38. The number of hydrogen-bond donors (Lipinski definition) is 7. The van der Waals surface area contributed by atoms with Gasteiger partial charge in [0.2, 0.25) is 17.7 Å². The van der Waals surface area contributed by atoms with E-state index in [-0.39, 0.29) is 96.5 Å². The maximum absolute atomic E-state index is 11.7. The Morgan fingerprint density at radius 1 is 0.634 bits per heavy atom. The number of ether oxygens (including phenoxy) is 4. The Morgan fingerprint density at radius 2 is 1.12 bits per heavy atom. The molecule has 0 bridgehead atoms. The molecule has 0 saturated heterocycles. The summed E-state index contributed by atoms with van der Waals surface area (Å²) in [6, 6.07) is -1.35. The predicted molar refractivity (Wildman–Crippen MR) is 149 cm³/mol. The maximum Gasteiger partial charge on any atom is 0.320 e. The summed E-state index contributed by atoms with van der Waals surface area (Å²) in [7, 11) is 3.12. The second-order valence-electron chi connectivity index (χ2n) is 8.77. The summed E-state index contributed by atoms with van der Waals surface area (Å²) < 4.78 is 21.1. The summed E-state index contributed by atoms with van der Waals surface area (Å²) in [6.07, 6.45) is 2.11. The largest absolute Gasteiger partial charge is 0.480 e. The second kappa shape index (κ2) is 26.1. The van der Waals surface area contributed by atoms with E-state index in [4.69, 9.17) is 29.2 Å². The van der Waals surface area contributed by atoms with Crippen LogP contribution >= 0.6 is 0 Å². The molecule has 0 fully saturated rings. The maximum atomic E-state index is 11.7. The lowest BCUT2D eigenvalue weighted by Gasteiger charge is -2.11. The zero-order chi connectivity index (χ0) is 30.7. The molecule has 0 aliphatic carbocycles. The van der Waals surface area contributed by atoms with E-state index in [1.807, 2.05) is 0 Å². The van der Waals surface area contributed by atoms with Crippen LogP contribution in [-0.4, -0.2) is 139 Å². The van der Waals surface area contributed by atoms with Crippen LogP contribution in [0.5, 0.6) is 0 Å². The molecule has 2 atom stereocenters. The van der Waals surface area contributed by atoms with Gasteiger partial charge in [-0.05, 0) is 32.7 Å². The number of aliphatic carboxylic acids is 2. The molecule has 0 heterocycles. The van der Waals surface area contributed by atoms with E-state index in [2.05, 4.69) is 26.5 Å². The number of carboxylic acid groups (broad SMARTS) is 2. The number of amides is 3. The fraction of sp³-hybridized carbons (Fsp3) is 0.792. The number of likely N-dealkylation sites (N-methyl/N-ethyl adjacent to an activating group) is 1. The van der Waals surface area contributed by atoms with Gasteiger partial charge in [0, 0.05) is 26.1 Å². The Bertz CT molecular complexity index is 764. The Hall–Kier alpha value is -2.83. The zero-order valence-electron chi connectivity index (χ0n) is 24.0. The van der Waals surface area contributed by atoms with Crippen molar-refractivity contribution in [2.45, 2.75) is 44.2 Å². The minimum atomic E-state index is -1.00. The highest BCUT2D eigenvalue weighted by Gasteiger charge is 2.16. The average molecular weight is 591 g/mol. The lowest BCUT2D eigenvalue weighted by Crippen LogP contribution is -2.36. The molecule has 0 aromatic heterocycles. The smallest absolute Gasteiger partial charge is 0.320 e. The number of carbonyl (C=O) groups is 5. The minimum absolute atomic E-state index is 0.0900. The standard InChI is InChI=1S/C24H46BN5O11/c1-26-18(23(34)35)5-6-20(31)28-8-10-38-12-15-41-17-22(33)29-9-11-39-13-14-40-16-21(32)27-7-3-2-4-19(30-25)24(36)37/h18-19,26,30H,2-17,25H2,1H3,(H,27,32)(H,28,31)(H,29,33)(H,34,35)(H,36,37). The molecule has 236 valence electrons. The van der Waals surface area contributed by atoms with E-state index in [9.17, 15) is 24.0 Å². The highest BCUT2D eigenvalue weighted by molar-refractivity contribution is 6.06. The Balaban J connectivity index is 3.47. The van der Waals surface area contributed by atoms with Gasteiger partial charge in [-0.25, -0.2) is 0 Å². The zero-order valence-corrected chi connectivity index (χ0v) is 24.0. The first-order chi connectivity index (χ1) is 19.7. The average Bonchev–Trinajstić information content (AvgIpc) is 2.93. The number of carboxylic acids is 2. The van der Waals surface area contributed by atoms with Crippen LogP contribution in [0.4, 0.5) is 0 Å². The molecule has 16 nitrogen and oxygen atoms in total. The van der Waals surface area contributed by atoms with E-state index < -0.39 is 24.0 Å². The van der Waals surface area contributed by atoms with Gasteiger partial charge >= 0.3 is 11.9 Å². The van der Waals surface area contributed by atoms with E-state index >= 15 is 0 Å². The third-order valence-corrected chi connectivity index (χ3v) is 5.54. The van der Waals surface area contributed by atoms with Crippen LogP contribution in [0.15, 0.2) is 0 Å². The molecule has 3 amide bonds. The van der Waals surface area contributed by atoms with Crippen molar-refractivity contribution in [2.75, 3.05) is 79.5 Å². The van der Waals surface area contributed by atoms with Crippen molar-refractivity contribution < 1.29 is 53.1 Å². The summed E-state index contributed by atoms with van der Waals surface area (Å²) >= 11 is 0. The molecule has 2 unspecified atom stereocenters. The van der Waals surface area contributed by atoms with Crippen molar-refractivity contribution in [3.8, 4) is 0 Å². The van der Waals surface area contributed by atoms with Gasteiger partial charge in [0.05, 0.1) is 45.7 Å². The van der Waals surface area contributed by atoms with Gasteiger partial charge < -0.3 is 55.7 Å². The van der Waals surface area contributed by atoms with Crippen LogP contribution in [0.2, 0.25) is 0 Å². The summed E-state index contributed by atoms with van der Waals surface area (Å²) in [5.41, 5.74) is 0. The van der Waals surface area contributed by atoms with E-state index in [1.165, 1.54) is 7.05 Å². The topological polar surface area (TPSA) is 223 Å². The van der Waals surface area contributed by atoms with E-state index in [1.54, 1.807) is 7.98 Å². The molecular formula is C24H46BN5O11. The summed E-state index contributed by atoms with van der Waals surface area (Å²) in [5, 5.41) is 31.2. The van der Waals surface area contributed by atoms with Crippen LogP contribution in [0, 0.1) is 0 Å². The normalized spacial score (nSPS) is 12.3. The van der Waals surface area contributed by atoms with Gasteiger partial charge in [-0.3, -0.25) is 24.0 Å². The molecule has 0 aliphatic heterocycles. The molecule has 0 aromatic rings. The number of carbonyl (C=O) groups excluding carboxylic acids is 3. The molecule has 0 aromatic carbocycles. The summed E-state index contributed by atoms with van der Waals surface area (Å²) in [4.78, 5) is 56.9. The Morgan fingerprint density at radius 3 is 1.61 bits per heavy atom. The van der Waals surface area contributed by atoms with Gasteiger partial charge in [-0.15, -0.1) is 0 Å². The molecule has 0 saturated carbocycles. The molecule has 17 heteroatoms. The molecule has 0 spiro atoms. The van der Waals surface area contributed by atoms with Crippen LogP contribution in [0.25, 0.3) is 0 Å². The van der Waals surface area contributed by atoms with Crippen LogP contribution < -0.4 is 26.5 Å². The fourth-order valence-electron chi connectivity index (χ4n) is 3.24. The number of hydrogen-bond acceptors (Lipinski definition) is 11. The first-order valence-electron chi connectivity index (χ1n) is 13.6. The molecule has 0 rings (SSSR count). The Kier molecular flexibility index (Phi) is 24.3. The monoisotopic (exact) mass is 591 g/mol. The summed E-state index contributed by atoms with van der Waals surface area (Å²) in [5.74, 6) is -2.72. The molecule has 0 radical (unpaired) electrons. The summed E-state index contributed by atoms with van der Waals surface area (Å²) in [6.45, 7) is 2.24. The Labute approximate surface area is 241 Å². The van der Waals surface area contributed by atoms with Gasteiger partial charge in [-0.2, -0.15) is 0 Å². The van der Waals surface area contributed by atoms with Gasteiger partial charge in [0.1, 0.15) is 19.3 Å². The lowest BCUT2D eigenvalue weighted by molar-refractivity contribution is -0.140. The van der Waals surface area contributed by atoms with E-state index in [0.29, 0.717) is 25.8 Å². The van der Waals surface area contributed by atoms with Crippen LogP contribution in [0.3, 0.4) is 0 Å². The van der Waals surface area contributed by atoms with Crippen molar-refractivity contribution in [1.29, 1.82) is 0 Å². The van der Waals surface area contributed by atoms with Crippen LogP contribution in [-0.2, 0) is 42.9 Å². The highest BCUT2D eigenvalue weighted by atomic mass is 16.5. The molecule has 7 N–H and O–H groups in total. The van der Waals surface area contributed by atoms with Crippen molar-refractivity contribution in [1.82, 2.24) is 26.5 Å². The third kappa shape index (κ3) is 23.6. The first kappa shape index (κ1) is 38.2.